The second kappa shape index (κ2) is 7.00. The number of hydrogen-bond acceptors (Lipinski definition) is 4. The van der Waals surface area contributed by atoms with E-state index in [-0.39, 0.29) is 29.6 Å². The molecule has 0 saturated carbocycles. The van der Waals surface area contributed by atoms with E-state index in [0.717, 1.165) is 24.1 Å². The fourth-order valence-corrected chi connectivity index (χ4v) is 3.59. The molecule has 1 atom stereocenters. The second-order valence-electron chi connectivity index (χ2n) is 7.02. The Morgan fingerprint density at radius 2 is 2.19 bits per heavy atom. The van der Waals surface area contributed by atoms with Crippen LogP contribution in [0.2, 0.25) is 0 Å². The number of amides is 2. The molecule has 2 N–H and O–H groups in total. The monoisotopic (exact) mass is 367 g/mol. The van der Waals surface area contributed by atoms with E-state index in [2.05, 4.69) is 10.6 Å². The van der Waals surface area contributed by atoms with Gasteiger partial charge in [0, 0.05) is 24.2 Å². The number of pyridine rings is 1. The van der Waals surface area contributed by atoms with Crippen molar-refractivity contribution in [2.45, 2.75) is 38.8 Å². The van der Waals surface area contributed by atoms with Crippen LogP contribution in [0.5, 0.6) is 0 Å². The van der Waals surface area contributed by atoms with Crippen LogP contribution in [0.4, 0.5) is 11.4 Å². The maximum absolute atomic E-state index is 12.8. The number of nitrogens with one attached hydrogen (secondary N) is 2. The Morgan fingerprint density at radius 1 is 1.33 bits per heavy atom. The minimum atomic E-state index is -0.448. The maximum Gasteiger partial charge on any atom is 0.263 e. The fraction of sp³-hybridized carbons (Fsp3) is 0.350. The van der Waals surface area contributed by atoms with E-state index in [1.165, 1.54) is 0 Å². The fourth-order valence-electron chi connectivity index (χ4n) is 3.59. The van der Waals surface area contributed by atoms with Crippen LogP contribution < -0.4 is 16.2 Å². The molecule has 2 aliphatic rings. The highest BCUT2D eigenvalue weighted by molar-refractivity contribution is 6.06. The molecule has 1 aromatic carbocycles. The SMILES string of the molecule is Cc1ccn(CC2CCCO2)c(=O)c1C(=O)Nc1ccc2c(c1)CC(=O)N2. The van der Waals surface area contributed by atoms with Gasteiger partial charge in [0.1, 0.15) is 5.56 Å². The summed E-state index contributed by atoms with van der Waals surface area (Å²) in [6.45, 7) is 2.92. The first-order chi connectivity index (χ1) is 13.0. The molecule has 2 amide bonds. The largest absolute Gasteiger partial charge is 0.376 e. The lowest BCUT2D eigenvalue weighted by Crippen LogP contribution is -2.32. The molecule has 140 valence electrons. The van der Waals surface area contributed by atoms with Gasteiger partial charge in [-0.05, 0) is 55.2 Å². The molecule has 3 heterocycles. The Balaban J connectivity index is 1.57. The van der Waals surface area contributed by atoms with Crippen LogP contribution in [-0.4, -0.2) is 29.1 Å². The first-order valence-electron chi connectivity index (χ1n) is 9.07. The minimum Gasteiger partial charge on any atom is -0.376 e. The summed E-state index contributed by atoms with van der Waals surface area (Å²) in [7, 11) is 0. The third-order valence-corrected chi connectivity index (χ3v) is 5.01. The highest BCUT2D eigenvalue weighted by Gasteiger charge is 2.22. The van der Waals surface area contributed by atoms with Crippen molar-refractivity contribution in [3.8, 4) is 0 Å². The lowest BCUT2D eigenvalue weighted by molar-refractivity contribution is -0.115. The Morgan fingerprint density at radius 3 is 2.96 bits per heavy atom. The van der Waals surface area contributed by atoms with Crippen LogP contribution >= 0.6 is 0 Å². The van der Waals surface area contributed by atoms with Crippen LogP contribution in [0.1, 0.15) is 34.3 Å². The number of benzene rings is 1. The molecule has 4 rings (SSSR count). The van der Waals surface area contributed by atoms with E-state index < -0.39 is 5.91 Å². The summed E-state index contributed by atoms with van der Waals surface area (Å²) < 4.78 is 7.14. The number of carbonyl (C=O) groups excluding carboxylic acids is 2. The van der Waals surface area contributed by atoms with Crippen LogP contribution in [0, 0.1) is 6.92 Å². The number of aryl methyl sites for hydroxylation is 1. The summed E-state index contributed by atoms with van der Waals surface area (Å²) in [5.74, 6) is -0.513. The zero-order valence-electron chi connectivity index (χ0n) is 15.1. The van der Waals surface area contributed by atoms with Crippen molar-refractivity contribution in [2.24, 2.45) is 0 Å². The number of carbonyl (C=O) groups is 2. The molecule has 2 aliphatic heterocycles. The van der Waals surface area contributed by atoms with Gasteiger partial charge in [0.2, 0.25) is 5.91 Å². The zero-order valence-corrected chi connectivity index (χ0v) is 15.1. The van der Waals surface area contributed by atoms with Crippen LogP contribution in [0.3, 0.4) is 0 Å². The molecule has 0 aliphatic carbocycles. The Labute approximate surface area is 156 Å². The van der Waals surface area contributed by atoms with Gasteiger partial charge in [-0.3, -0.25) is 14.4 Å². The van der Waals surface area contributed by atoms with E-state index in [0.29, 0.717) is 24.4 Å². The van der Waals surface area contributed by atoms with E-state index in [9.17, 15) is 14.4 Å². The first-order valence-corrected chi connectivity index (χ1v) is 9.07. The Hall–Kier alpha value is -2.93. The predicted octanol–water partition coefficient (Wildman–Crippen LogP) is 2.08. The molecular weight excluding hydrogens is 346 g/mol. The summed E-state index contributed by atoms with van der Waals surface area (Å²) in [6.07, 6.45) is 3.93. The van der Waals surface area contributed by atoms with Gasteiger partial charge in [0.05, 0.1) is 19.1 Å². The number of anilines is 2. The molecule has 0 radical (unpaired) electrons. The van der Waals surface area contributed by atoms with Crippen LogP contribution in [-0.2, 0) is 22.5 Å². The van der Waals surface area contributed by atoms with Crippen molar-refractivity contribution >= 4 is 23.2 Å². The molecule has 2 aromatic rings. The molecule has 0 bridgehead atoms. The molecule has 7 heteroatoms. The third-order valence-electron chi connectivity index (χ3n) is 5.01. The molecule has 27 heavy (non-hydrogen) atoms. The van der Waals surface area contributed by atoms with E-state index >= 15 is 0 Å². The summed E-state index contributed by atoms with van der Waals surface area (Å²) in [5, 5.41) is 5.54. The number of hydrogen-bond donors (Lipinski definition) is 2. The van der Waals surface area contributed by atoms with Gasteiger partial charge in [-0.2, -0.15) is 0 Å². The average molecular weight is 367 g/mol. The van der Waals surface area contributed by atoms with Crippen molar-refractivity contribution < 1.29 is 14.3 Å². The molecule has 7 nitrogen and oxygen atoms in total. The van der Waals surface area contributed by atoms with Gasteiger partial charge in [0.15, 0.2) is 0 Å². The van der Waals surface area contributed by atoms with Crippen molar-refractivity contribution in [1.82, 2.24) is 4.57 Å². The summed E-state index contributed by atoms with van der Waals surface area (Å²) >= 11 is 0. The lowest BCUT2D eigenvalue weighted by atomic mass is 10.1. The van der Waals surface area contributed by atoms with Crippen molar-refractivity contribution in [1.29, 1.82) is 0 Å². The summed E-state index contributed by atoms with van der Waals surface area (Å²) in [6, 6.07) is 7.00. The van der Waals surface area contributed by atoms with E-state index in [1.54, 1.807) is 42.0 Å². The minimum absolute atomic E-state index is 0.0167. The predicted molar refractivity (Wildman–Crippen MR) is 101 cm³/mol. The molecule has 1 saturated heterocycles. The number of rotatable bonds is 4. The van der Waals surface area contributed by atoms with Gasteiger partial charge in [-0.1, -0.05) is 0 Å². The molecule has 1 unspecified atom stereocenters. The van der Waals surface area contributed by atoms with Crippen molar-refractivity contribution in [2.75, 3.05) is 17.2 Å². The molecule has 1 fully saturated rings. The quantitative estimate of drug-likeness (QED) is 0.866. The molecular formula is C20H21N3O4. The second-order valence-corrected chi connectivity index (χ2v) is 7.02. The standard InChI is InChI=1S/C20H21N3O4/c1-12-6-7-23(11-15-3-2-8-27-15)20(26)18(12)19(25)21-14-4-5-16-13(9-14)10-17(24)22-16/h4-7,9,15H,2-3,8,10-11H2,1H3,(H,21,25)(H,22,24). The smallest absolute Gasteiger partial charge is 0.263 e. The normalized spacial score (nSPS) is 18.3. The van der Waals surface area contributed by atoms with Gasteiger partial charge >= 0.3 is 0 Å². The van der Waals surface area contributed by atoms with Crippen molar-refractivity contribution in [3.63, 3.8) is 0 Å². The van der Waals surface area contributed by atoms with E-state index in [4.69, 9.17) is 4.74 Å². The van der Waals surface area contributed by atoms with Crippen molar-refractivity contribution in [3.05, 3.63) is 57.5 Å². The summed E-state index contributed by atoms with van der Waals surface area (Å²) in [5.41, 5.74) is 2.58. The zero-order chi connectivity index (χ0) is 19.0. The third kappa shape index (κ3) is 3.50. The Kier molecular flexibility index (Phi) is 4.53. The number of ether oxygens (including phenoxy) is 1. The van der Waals surface area contributed by atoms with Crippen LogP contribution in [0.25, 0.3) is 0 Å². The average Bonchev–Trinajstić information content (AvgIpc) is 3.25. The number of aromatic nitrogens is 1. The molecule has 1 aromatic heterocycles. The number of fused-ring (bicyclic) bond motifs is 1. The highest BCUT2D eigenvalue weighted by atomic mass is 16.5. The topological polar surface area (TPSA) is 89.4 Å². The summed E-state index contributed by atoms with van der Waals surface area (Å²) in [4.78, 5) is 37.1. The lowest BCUT2D eigenvalue weighted by Gasteiger charge is -2.14. The highest BCUT2D eigenvalue weighted by Crippen LogP contribution is 2.26. The van der Waals surface area contributed by atoms with Crippen LogP contribution in [0.15, 0.2) is 35.3 Å². The first kappa shape index (κ1) is 17.5. The Bertz CT molecular complexity index is 974. The number of nitrogens with zero attached hydrogens (tertiary/aromatic N) is 1. The van der Waals surface area contributed by atoms with E-state index in [1.807, 2.05) is 0 Å². The maximum atomic E-state index is 12.8. The van der Waals surface area contributed by atoms with Gasteiger partial charge in [-0.15, -0.1) is 0 Å². The van der Waals surface area contributed by atoms with Gasteiger partial charge in [0.25, 0.3) is 11.5 Å². The van der Waals surface area contributed by atoms with Gasteiger partial charge in [-0.25, -0.2) is 0 Å². The van der Waals surface area contributed by atoms with Gasteiger partial charge < -0.3 is 19.9 Å². The molecule has 0 spiro atoms.